The van der Waals surface area contributed by atoms with E-state index in [9.17, 15) is 18.0 Å². The first-order valence-electron chi connectivity index (χ1n) is 8.77. The van der Waals surface area contributed by atoms with Gasteiger partial charge in [-0.15, -0.1) is 0 Å². The molecule has 4 rings (SSSR count). The molecular weight excluding hydrogens is 435 g/mol. The minimum absolute atomic E-state index is 0.109. The Bertz CT molecular complexity index is 1190. The number of anilines is 1. The van der Waals surface area contributed by atoms with Gasteiger partial charge < -0.3 is 0 Å². The number of thiazole rings is 1. The van der Waals surface area contributed by atoms with E-state index in [-0.39, 0.29) is 12.1 Å². The number of aromatic nitrogens is 2. The molecule has 0 fully saturated rings. The highest BCUT2D eigenvalue weighted by molar-refractivity contribution is 7.22. The van der Waals surface area contributed by atoms with E-state index in [1.54, 1.807) is 36.5 Å². The number of halogens is 4. The van der Waals surface area contributed by atoms with Gasteiger partial charge in [-0.25, -0.2) is 4.98 Å². The molecule has 0 aliphatic carbocycles. The Labute approximate surface area is 178 Å². The molecule has 0 unspecified atom stereocenters. The van der Waals surface area contributed by atoms with E-state index in [4.69, 9.17) is 11.6 Å². The molecule has 4 aromatic rings. The summed E-state index contributed by atoms with van der Waals surface area (Å²) in [7, 11) is 0. The minimum Gasteiger partial charge on any atom is -0.278 e. The number of alkyl halides is 3. The van der Waals surface area contributed by atoms with Crippen molar-refractivity contribution >= 4 is 44.2 Å². The zero-order valence-corrected chi connectivity index (χ0v) is 16.8. The average Bonchev–Trinajstić information content (AvgIpc) is 3.17. The van der Waals surface area contributed by atoms with Gasteiger partial charge in [0.2, 0.25) is 0 Å². The minimum atomic E-state index is -4.47. The van der Waals surface area contributed by atoms with Crippen molar-refractivity contribution in [2.45, 2.75) is 12.7 Å². The SMILES string of the molecule is O=C(c1ccc(C(F)(F)F)cc1)N(Cc1ccccn1)c1nc2c(Cl)cccc2s1. The third kappa shape index (κ3) is 4.15. The van der Waals surface area contributed by atoms with Gasteiger partial charge in [0.25, 0.3) is 5.91 Å². The number of para-hydroxylation sites is 1. The van der Waals surface area contributed by atoms with Crippen LogP contribution >= 0.6 is 22.9 Å². The second-order valence-corrected chi connectivity index (χ2v) is 7.79. The molecule has 0 aliphatic rings. The molecule has 2 heterocycles. The van der Waals surface area contributed by atoms with E-state index in [2.05, 4.69) is 9.97 Å². The lowest BCUT2D eigenvalue weighted by atomic mass is 10.1. The number of benzene rings is 2. The molecule has 9 heteroatoms. The van der Waals surface area contributed by atoms with E-state index < -0.39 is 17.6 Å². The van der Waals surface area contributed by atoms with Crippen LogP contribution in [0.1, 0.15) is 21.6 Å². The van der Waals surface area contributed by atoms with Crippen LogP contribution in [-0.4, -0.2) is 15.9 Å². The lowest BCUT2D eigenvalue weighted by Crippen LogP contribution is -2.30. The molecule has 0 atom stereocenters. The molecular formula is C21H13ClF3N3OS. The molecule has 0 spiro atoms. The Morgan fingerprint density at radius 1 is 1.03 bits per heavy atom. The first-order chi connectivity index (χ1) is 14.3. The molecule has 0 bridgehead atoms. The monoisotopic (exact) mass is 447 g/mol. The second-order valence-electron chi connectivity index (χ2n) is 6.37. The number of hydrogen-bond donors (Lipinski definition) is 0. The lowest BCUT2D eigenvalue weighted by Gasteiger charge is -2.20. The predicted octanol–water partition coefficient (Wildman–Crippen LogP) is 6.21. The summed E-state index contributed by atoms with van der Waals surface area (Å²) in [6.07, 6.45) is -2.87. The van der Waals surface area contributed by atoms with E-state index in [1.807, 2.05) is 6.07 Å². The second kappa shape index (κ2) is 8.04. The molecule has 0 saturated heterocycles. The quantitative estimate of drug-likeness (QED) is 0.373. The number of fused-ring (bicyclic) bond motifs is 1. The Morgan fingerprint density at radius 3 is 2.43 bits per heavy atom. The van der Waals surface area contributed by atoms with Crippen molar-refractivity contribution in [2.24, 2.45) is 0 Å². The summed E-state index contributed by atoms with van der Waals surface area (Å²) in [5.41, 5.74) is 0.472. The molecule has 2 aromatic carbocycles. The summed E-state index contributed by atoms with van der Waals surface area (Å²) < 4.78 is 39.4. The normalized spacial score (nSPS) is 11.6. The summed E-state index contributed by atoms with van der Waals surface area (Å²) in [4.78, 5) is 23.4. The summed E-state index contributed by atoms with van der Waals surface area (Å²) in [5.74, 6) is -0.482. The molecule has 0 saturated carbocycles. The fourth-order valence-electron chi connectivity index (χ4n) is 2.86. The number of rotatable bonds is 4. The number of pyridine rings is 1. The number of hydrogen-bond acceptors (Lipinski definition) is 4. The Hall–Kier alpha value is -2.97. The highest BCUT2D eigenvalue weighted by Gasteiger charge is 2.31. The number of amides is 1. The van der Waals surface area contributed by atoms with Crippen LogP contribution in [0.5, 0.6) is 0 Å². The van der Waals surface area contributed by atoms with Crippen LogP contribution in [0.15, 0.2) is 66.9 Å². The van der Waals surface area contributed by atoms with Crippen LogP contribution in [0.4, 0.5) is 18.3 Å². The van der Waals surface area contributed by atoms with Gasteiger partial charge in [0.15, 0.2) is 5.13 Å². The fourth-order valence-corrected chi connectivity index (χ4v) is 4.12. The number of carbonyl (C=O) groups excluding carboxylic acids is 1. The van der Waals surface area contributed by atoms with Crippen LogP contribution in [0.3, 0.4) is 0 Å². The summed E-state index contributed by atoms with van der Waals surface area (Å²) >= 11 is 7.48. The maximum absolute atomic E-state index is 13.2. The third-order valence-corrected chi connectivity index (χ3v) is 5.69. The zero-order chi connectivity index (χ0) is 21.3. The molecule has 0 radical (unpaired) electrons. The van der Waals surface area contributed by atoms with Gasteiger partial charge in [-0.2, -0.15) is 13.2 Å². The van der Waals surface area contributed by atoms with Gasteiger partial charge >= 0.3 is 6.18 Å². The van der Waals surface area contributed by atoms with Gasteiger partial charge in [-0.3, -0.25) is 14.7 Å². The van der Waals surface area contributed by atoms with Crippen LogP contribution in [-0.2, 0) is 12.7 Å². The van der Waals surface area contributed by atoms with Crippen molar-refractivity contribution in [3.05, 3.63) is 88.7 Å². The van der Waals surface area contributed by atoms with Crippen molar-refractivity contribution < 1.29 is 18.0 Å². The number of carbonyl (C=O) groups is 1. The van der Waals surface area contributed by atoms with Gasteiger partial charge in [-0.1, -0.05) is 35.1 Å². The van der Waals surface area contributed by atoms with Crippen molar-refractivity contribution in [2.75, 3.05) is 4.90 Å². The summed E-state index contributed by atoms with van der Waals surface area (Å²) in [5, 5.41) is 0.836. The van der Waals surface area contributed by atoms with Gasteiger partial charge in [-0.05, 0) is 48.5 Å². The van der Waals surface area contributed by atoms with Crippen LogP contribution < -0.4 is 4.90 Å². The molecule has 30 heavy (non-hydrogen) atoms. The van der Waals surface area contributed by atoms with Crippen LogP contribution in [0, 0.1) is 0 Å². The first kappa shape index (κ1) is 20.3. The van der Waals surface area contributed by atoms with Crippen molar-refractivity contribution in [3.8, 4) is 0 Å². The molecule has 2 aromatic heterocycles. The molecule has 0 N–H and O–H groups in total. The topological polar surface area (TPSA) is 46.1 Å². The molecule has 0 aliphatic heterocycles. The predicted molar refractivity (Wildman–Crippen MR) is 111 cm³/mol. The van der Waals surface area contributed by atoms with Crippen LogP contribution in [0.25, 0.3) is 10.2 Å². The maximum atomic E-state index is 13.2. The van der Waals surface area contributed by atoms with E-state index >= 15 is 0 Å². The Kier molecular flexibility index (Phi) is 5.44. The van der Waals surface area contributed by atoms with Crippen molar-refractivity contribution in [1.82, 2.24) is 9.97 Å². The zero-order valence-electron chi connectivity index (χ0n) is 15.2. The first-order valence-corrected chi connectivity index (χ1v) is 9.96. The fraction of sp³-hybridized carbons (Fsp3) is 0.0952. The molecule has 4 nitrogen and oxygen atoms in total. The van der Waals surface area contributed by atoms with Crippen molar-refractivity contribution in [1.29, 1.82) is 0 Å². The van der Waals surface area contributed by atoms with Crippen molar-refractivity contribution in [3.63, 3.8) is 0 Å². The highest BCUT2D eigenvalue weighted by Crippen LogP contribution is 2.34. The summed E-state index contributed by atoms with van der Waals surface area (Å²) in [6.45, 7) is 0.109. The largest absolute Gasteiger partial charge is 0.416 e. The van der Waals surface area contributed by atoms with E-state index in [1.165, 1.54) is 16.2 Å². The van der Waals surface area contributed by atoms with Gasteiger partial charge in [0, 0.05) is 11.8 Å². The molecule has 1 amide bonds. The maximum Gasteiger partial charge on any atom is 0.416 e. The standard InChI is InChI=1S/C21H13ClF3N3OS/c22-16-5-3-6-17-18(16)27-20(30-17)28(12-15-4-1-2-11-26-15)19(29)13-7-9-14(10-8-13)21(23,24)25/h1-11H,12H2. The van der Waals surface area contributed by atoms with Gasteiger partial charge in [0.1, 0.15) is 5.52 Å². The average molecular weight is 448 g/mol. The summed E-state index contributed by atoms with van der Waals surface area (Å²) in [6, 6.07) is 14.7. The van der Waals surface area contributed by atoms with E-state index in [0.29, 0.717) is 21.4 Å². The Balaban J connectivity index is 1.74. The van der Waals surface area contributed by atoms with Gasteiger partial charge in [0.05, 0.1) is 27.5 Å². The van der Waals surface area contributed by atoms with E-state index in [0.717, 1.165) is 29.0 Å². The highest BCUT2D eigenvalue weighted by atomic mass is 35.5. The lowest BCUT2D eigenvalue weighted by molar-refractivity contribution is -0.137. The van der Waals surface area contributed by atoms with Crippen LogP contribution in [0.2, 0.25) is 5.02 Å². The Morgan fingerprint density at radius 2 is 1.80 bits per heavy atom. The molecule has 152 valence electrons. The third-order valence-electron chi connectivity index (χ3n) is 4.34. The smallest absolute Gasteiger partial charge is 0.278 e. The number of nitrogens with zero attached hydrogens (tertiary/aromatic N) is 3.